The van der Waals surface area contributed by atoms with Gasteiger partial charge in [0.1, 0.15) is 12.4 Å². The Morgan fingerprint density at radius 1 is 0.963 bits per heavy atom. The minimum absolute atomic E-state index is 0.109. The summed E-state index contributed by atoms with van der Waals surface area (Å²) in [6.45, 7) is 1.57. The number of amides is 3. The van der Waals surface area contributed by atoms with Gasteiger partial charge < -0.3 is 9.47 Å². The van der Waals surface area contributed by atoms with Crippen molar-refractivity contribution in [2.45, 2.75) is 51.1 Å². The Bertz CT molecular complexity index is 832. The second-order valence-corrected chi connectivity index (χ2v) is 8.86. The summed E-state index contributed by atoms with van der Waals surface area (Å²) >= 11 is 0. The van der Waals surface area contributed by atoms with Crippen LogP contribution in [0.25, 0.3) is 0 Å². The van der Waals surface area contributed by atoms with E-state index in [-0.39, 0.29) is 36.1 Å². The normalized spacial score (nSPS) is 34.4. The molecule has 8 heteroatoms. The fourth-order valence-electron chi connectivity index (χ4n) is 5.90. The van der Waals surface area contributed by atoms with Crippen molar-refractivity contribution in [1.29, 1.82) is 0 Å². The summed E-state index contributed by atoms with van der Waals surface area (Å²) in [5.74, 6) is 2.40. The van der Waals surface area contributed by atoms with Crippen molar-refractivity contribution in [2.75, 3.05) is 13.1 Å². The monoisotopic (exact) mass is 369 g/mol. The van der Waals surface area contributed by atoms with E-state index in [0.29, 0.717) is 37.4 Å². The fourth-order valence-corrected chi connectivity index (χ4v) is 5.90. The maximum Gasteiger partial charge on any atom is 0.243 e. The van der Waals surface area contributed by atoms with Crippen LogP contribution in [0.4, 0.5) is 0 Å². The van der Waals surface area contributed by atoms with Gasteiger partial charge in [-0.3, -0.25) is 19.3 Å². The van der Waals surface area contributed by atoms with Crippen LogP contribution in [0, 0.1) is 23.7 Å². The van der Waals surface area contributed by atoms with Crippen molar-refractivity contribution in [3.63, 3.8) is 0 Å². The summed E-state index contributed by atoms with van der Waals surface area (Å²) in [5, 5.41) is 8.56. The van der Waals surface area contributed by atoms with Gasteiger partial charge in [-0.15, -0.1) is 10.2 Å². The Balaban J connectivity index is 1.16. The molecule has 27 heavy (non-hydrogen) atoms. The molecular weight excluding hydrogens is 346 g/mol. The lowest BCUT2D eigenvalue weighted by molar-refractivity contribution is -0.147. The molecule has 0 unspecified atom stereocenters. The number of imide groups is 1. The molecule has 2 bridgehead atoms. The Kier molecular flexibility index (Phi) is 3.15. The lowest BCUT2D eigenvalue weighted by Crippen LogP contribution is -2.46. The Hall–Kier alpha value is -2.25. The maximum atomic E-state index is 12.8. The topological polar surface area (TPSA) is 88.4 Å². The SMILES string of the molecule is O=C(CN1C(=O)[C@@H]2[C@H]3CC[C@@H](C3)[C@@H]2C1=O)N1CCn2c(nnc2C2CC2)C1. The van der Waals surface area contributed by atoms with E-state index in [1.807, 2.05) is 0 Å². The van der Waals surface area contributed by atoms with E-state index in [2.05, 4.69) is 14.8 Å². The third kappa shape index (κ3) is 2.18. The summed E-state index contributed by atoms with van der Waals surface area (Å²) in [6.07, 6.45) is 5.46. The molecule has 0 radical (unpaired) electrons. The zero-order valence-corrected chi connectivity index (χ0v) is 15.2. The maximum absolute atomic E-state index is 12.8. The van der Waals surface area contributed by atoms with E-state index >= 15 is 0 Å². The van der Waals surface area contributed by atoms with Crippen molar-refractivity contribution in [1.82, 2.24) is 24.6 Å². The lowest BCUT2D eigenvalue weighted by Gasteiger charge is -2.29. The second-order valence-electron chi connectivity index (χ2n) is 8.86. The number of hydrogen-bond donors (Lipinski definition) is 0. The molecule has 3 amide bonds. The highest BCUT2D eigenvalue weighted by Gasteiger charge is 2.61. The fraction of sp³-hybridized carbons (Fsp3) is 0.737. The van der Waals surface area contributed by atoms with Gasteiger partial charge in [-0.1, -0.05) is 0 Å². The standard InChI is InChI=1S/C19H23N5O3/c25-14(22-5-6-23-13(8-22)20-21-17(23)10-1-2-10)9-24-18(26)15-11-3-4-12(7-11)16(15)19(24)27/h10-12,15-16H,1-9H2/t11-,12-,15-,16+/m0/s1. The molecule has 0 N–H and O–H groups in total. The molecule has 3 aliphatic carbocycles. The van der Waals surface area contributed by atoms with Crippen molar-refractivity contribution in [3.8, 4) is 0 Å². The van der Waals surface area contributed by atoms with E-state index in [0.717, 1.165) is 30.9 Å². The number of hydrogen-bond acceptors (Lipinski definition) is 5. The predicted octanol–water partition coefficient (Wildman–Crippen LogP) is 0.529. The highest BCUT2D eigenvalue weighted by Crippen LogP contribution is 2.56. The quantitative estimate of drug-likeness (QED) is 0.725. The first-order valence-corrected chi connectivity index (χ1v) is 10.2. The first kappa shape index (κ1) is 15.8. The molecule has 5 aliphatic rings. The van der Waals surface area contributed by atoms with Gasteiger partial charge >= 0.3 is 0 Å². The predicted molar refractivity (Wildman–Crippen MR) is 91.9 cm³/mol. The zero-order chi connectivity index (χ0) is 18.3. The summed E-state index contributed by atoms with van der Waals surface area (Å²) in [4.78, 5) is 41.4. The molecule has 2 aliphatic heterocycles. The average Bonchev–Trinajstić information content (AvgIpc) is 3.04. The van der Waals surface area contributed by atoms with Crippen molar-refractivity contribution < 1.29 is 14.4 Å². The van der Waals surface area contributed by atoms with E-state index in [9.17, 15) is 14.4 Å². The van der Waals surface area contributed by atoms with E-state index in [1.54, 1.807) is 4.90 Å². The van der Waals surface area contributed by atoms with Crippen LogP contribution in [-0.2, 0) is 27.5 Å². The number of rotatable bonds is 3. The molecule has 1 aromatic heterocycles. The van der Waals surface area contributed by atoms with Crippen LogP contribution in [0.2, 0.25) is 0 Å². The highest BCUT2D eigenvalue weighted by molar-refractivity contribution is 6.08. The minimum Gasteiger partial charge on any atom is -0.332 e. The number of carbonyl (C=O) groups excluding carboxylic acids is 3. The lowest BCUT2D eigenvalue weighted by atomic mass is 9.81. The molecule has 4 fully saturated rings. The molecule has 142 valence electrons. The molecule has 6 rings (SSSR count). The van der Waals surface area contributed by atoms with Gasteiger partial charge in [-0.25, -0.2) is 0 Å². The van der Waals surface area contributed by atoms with Crippen LogP contribution in [0.5, 0.6) is 0 Å². The smallest absolute Gasteiger partial charge is 0.243 e. The Morgan fingerprint density at radius 2 is 1.67 bits per heavy atom. The summed E-state index contributed by atoms with van der Waals surface area (Å²) < 4.78 is 2.13. The summed E-state index contributed by atoms with van der Waals surface area (Å²) in [6, 6.07) is 0. The minimum atomic E-state index is -0.161. The molecule has 3 saturated carbocycles. The average molecular weight is 369 g/mol. The van der Waals surface area contributed by atoms with Gasteiger partial charge in [0.25, 0.3) is 0 Å². The highest BCUT2D eigenvalue weighted by atomic mass is 16.2. The molecule has 3 heterocycles. The summed E-state index contributed by atoms with van der Waals surface area (Å²) in [5.41, 5.74) is 0. The van der Waals surface area contributed by atoms with Crippen LogP contribution in [0.1, 0.15) is 49.7 Å². The third-order valence-electron chi connectivity index (χ3n) is 7.39. The number of aromatic nitrogens is 3. The molecule has 0 spiro atoms. The number of likely N-dealkylation sites (tertiary alicyclic amines) is 1. The van der Waals surface area contributed by atoms with Gasteiger partial charge in [-0.2, -0.15) is 0 Å². The Labute approximate surface area is 156 Å². The first-order chi connectivity index (χ1) is 13.1. The van der Waals surface area contributed by atoms with Gasteiger partial charge in [0.15, 0.2) is 5.82 Å². The zero-order valence-electron chi connectivity index (χ0n) is 15.2. The van der Waals surface area contributed by atoms with E-state index < -0.39 is 0 Å². The number of fused-ring (bicyclic) bond motifs is 6. The van der Waals surface area contributed by atoms with Gasteiger partial charge in [0.2, 0.25) is 17.7 Å². The molecule has 0 aromatic carbocycles. The molecule has 4 atom stereocenters. The van der Waals surface area contributed by atoms with Crippen LogP contribution >= 0.6 is 0 Å². The number of nitrogens with zero attached hydrogens (tertiary/aromatic N) is 5. The van der Waals surface area contributed by atoms with Crippen molar-refractivity contribution >= 4 is 17.7 Å². The molecular formula is C19H23N5O3. The molecule has 1 aromatic rings. The molecule has 8 nitrogen and oxygen atoms in total. The number of carbonyl (C=O) groups is 3. The van der Waals surface area contributed by atoms with Crippen LogP contribution in [0.3, 0.4) is 0 Å². The van der Waals surface area contributed by atoms with Crippen LogP contribution in [0.15, 0.2) is 0 Å². The largest absolute Gasteiger partial charge is 0.332 e. The van der Waals surface area contributed by atoms with Crippen molar-refractivity contribution in [3.05, 3.63) is 11.6 Å². The van der Waals surface area contributed by atoms with Crippen molar-refractivity contribution in [2.24, 2.45) is 23.7 Å². The third-order valence-corrected chi connectivity index (χ3v) is 7.39. The summed E-state index contributed by atoms with van der Waals surface area (Å²) in [7, 11) is 0. The first-order valence-electron chi connectivity index (χ1n) is 10.2. The van der Waals surface area contributed by atoms with Crippen LogP contribution in [-0.4, -0.2) is 55.4 Å². The van der Waals surface area contributed by atoms with E-state index in [1.165, 1.54) is 17.7 Å². The van der Waals surface area contributed by atoms with Crippen LogP contribution < -0.4 is 0 Å². The second kappa shape index (κ2) is 5.39. The van der Waals surface area contributed by atoms with Gasteiger partial charge in [-0.05, 0) is 43.9 Å². The van der Waals surface area contributed by atoms with Gasteiger partial charge in [0, 0.05) is 19.0 Å². The Morgan fingerprint density at radius 3 is 2.33 bits per heavy atom. The van der Waals surface area contributed by atoms with Gasteiger partial charge in [0.05, 0.1) is 18.4 Å². The molecule has 1 saturated heterocycles. The van der Waals surface area contributed by atoms with E-state index in [4.69, 9.17) is 0 Å².